The summed E-state index contributed by atoms with van der Waals surface area (Å²) in [7, 11) is -1.14. The minimum Gasteiger partial charge on any atom is -0.339 e. The summed E-state index contributed by atoms with van der Waals surface area (Å²) in [5.41, 5.74) is 4.58. The van der Waals surface area contributed by atoms with E-state index in [1.807, 2.05) is 24.3 Å². The quantitative estimate of drug-likeness (QED) is 0.563. The first kappa shape index (κ1) is 20.5. The number of hydrogen-bond donors (Lipinski definition) is 1. The Bertz CT molecular complexity index is 896. The molecule has 2 aliphatic rings. The highest BCUT2D eigenvalue weighted by atomic mass is 32.2. The molecule has 2 aromatic carbocycles. The van der Waals surface area contributed by atoms with Gasteiger partial charge in [0.2, 0.25) is 0 Å². The minimum atomic E-state index is -1.14. The number of benzene rings is 2. The Balaban J connectivity index is 1.50. The zero-order chi connectivity index (χ0) is 20.4. The third-order valence-electron chi connectivity index (χ3n) is 6.06. The highest BCUT2D eigenvalue weighted by molar-refractivity contribution is 7.85. The molecule has 1 N–H and O–H groups in total. The van der Waals surface area contributed by atoms with E-state index in [2.05, 4.69) is 40.8 Å². The van der Waals surface area contributed by atoms with Crippen LogP contribution in [0.2, 0.25) is 0 Å². The lowest BCUT2D eigenvalue weighted by Crippen LogP contribution is -2.38. The molecule has 0 saturated carbocycles. The van der Waals surface area contributed by atoms with E-state index in [1.165, 1.54) is 11.1 Å². The largest absolute Gasteiger partial charge is 0.339 e. The van der Waals surface area contributed by atoms with Gasteiger partial charge in [-0.2, -0.15) is 0 Å². The van der Waals surface area contributed by atoms with Gasteiger partial charge in [0.05, 0.1) is 38.1 Å². The first-order valence-corrected chi connectivity index (χ1v) is 11.3. The van der Waals surface area contributed by atoms with Crippen molar-refractivity contribution in [3.63, 3.8) is 0 Å². The third kappa shape index (κ3) is 4.11. The summed E-state index contributed by atoms with van der Waals surface area (Å²) in [6.45, 7) is 7.98. The standard InChI is InChI=1S/C22H28N2O4S/c1-16-8-9-21-22(17(16)2)24(19-6-3-4-7-20(19)29(21)26)13-5-12-23-14-10-18(11-15-23)27-28-25/h3-4,6-9,18,25H,5,10-15H2,1-2H3. The second kappa shape index (κ2) is 8.93. The maximum atomic E-state index is 13.2. The van der Waals surface area contributed by atoms with E-state index in [1.54, 1.807) is 0 Å². The summed E-state index contributed by atoms with van der Waals surface area (Å²) < 4.78 is 13.2. The molecular weight excluding hydrogens is 388 g/mol. The molecule has 7 heteroatoms. The van der Waals surface area contributed by atoms with Crippen LogP contribution in [0.4, 0.5) is 11.4 Å². The number of fused-ring (bicyclic) bond motifs is 2. The van der Waals surface area contributed by atoms with Gasteiger partial charge in [-0.05, 0) is 69.0 Å². The fraction of sp³-hybridized carbons (Fsp3) is 0.455. The van der Waals surface area contributed by atoms with Crippen LogP contribution in [0.15, 0.2) is 46.2 Å². The molecule has 0 bridgehead atoms. The maximum absolute atomic E-state index is 13.2. The van der Waals surface area contributed by atoms with Gasteiger partial charge in [0.15, 0.2) is 0 Å². The molecule has 6 nitrogen and oxygen atoms in total. The second-order valence-electron chi connectivity index (χ2n) is 7.81. The number of piperidine rings is 1. The van der Waals surface area contributed by atoms with Gasteiger partial charge in [0.25, 0.3) is 0 Å². The number of aryl methyl sites for hydroxylation is 1. The predicted octanol–water partition coefficient (Wildman–Crippen LogP) is 4.20. The van der Waals surface area contributed by atoms with Crippen LogP contribution in [-0.4, -0.2) is 46.6 Å². The van der Waals surface area contributed by atoms with Crippen LogP contribution in [0.3, 0.4) is 0 Å². The first-order chi connectivity index (χ1) is 14.1. The molecule has 0 aliphatic carbocycles. The van der Waals surface area contributed by atoms with Gasteiger partial charge < -0.3 is 9.80 Å². The smallest absolute Gasteiger partial charge is 0.0985 e. The Labute approximate surface area is 174 Å². The van der Waals surface area contributed by atoms with Crippen LogP contribution in [0.1, 0.15) is 30.4 Å². The molecule has 4 rings (SSSR count). The number of nitrogens with zero attached hydrogens (tertiary/aromatic N) is 2. The lowest BCUT2D eigenvalue weighted by molar-refractivity contribution is -0.508. The first-order valence-electron chi connectivity index (χ1n) is 10.2. The molecule has 29 heavy (non-hydrogen) atoms. The third-order valence-corrected chi connectivity index (χ3v) is 7.53. The molecule has 156 valence electrons. The summed E-state index contributed by atoms with van der Waals surface area (Å²) in [4.78, 5) is 11.4. The molecule has 2 heterocycles. The van der Waals surface area contributed by atoms with E-state index in [4.69, 9.17) is 10.1 Å². The number of para-hydroxylation sites is 1. The lowest BCUT2D eigenvalue weighted by atomic mass is 10.1. The van der Waals surface area contributed by atoms with Crippen molar-refractivity contribution in [1.29, 1.82) is 0 Å². The SMILES string of the molecule is Cc1ccc2c(c1C)N(CCCN1CCC(OOO)CC1)c1ccccc1S2=O. The molecule has 1 saturated heterocycles. The molecule has 0 amide bonds. The van der Waals surface area contributed by atoms with E-state index >= 15 is 0 Å². The van der Waals surface area contributed by atoms with Gasteiger partial charge in [0.1, 0.15) is 0 Å². The molecule has 2 aliphatic heterocycles. The average Bonchev–Trinajstić information content (AvgIpc) is 2.74. The summed E-state index contributed by atoms with van der Waals surface area (Å²) in [5, 5.41) is 12.3. The monoisotopic (exact) mass is 416 g/mol. The molecular formula is C22H28N2O4S. The van der Waals surface area contributed by atoms with Crippen molar-refractivity contribution in [3.05, 3.63) is 47.5 Å². The van der Waals surface area contributed by atoms with E-state index in [9.17, 15) is 4.21 Å². The minimum absolute atomic E-state index is 0.0299. The average molecular weight is 417 g/mol. The molecule has 1 fully saturated rings. The maximum Gasteiger partial charge on any atom is 0.0985 e. The Morgan fingerprint density at radius 1 is 1.07 bits per heavy atom. The van der Waals surface area contributed by atoms with E-state index in [0.29, 0.717) is 0 Å². The number of likely N-dealkylation sites (tertiary alicyclic amines) is 1. The van der Waals surface area contributed by atoms with Crippen LogP contribution >= 0.6 is 0 Å². The number of anilines is 2. The van der Waals surface area contributed by atoms with Gasteiger partial charge in [-0.3, -0.25) is 0 Å². The van der Waals surface area contributed by atoms with Crippen molar-refractivity contribution in [3.8, 4) is 0 Å². The topological polar surface area (TPSA) is 62.2 Å². The molecule has 1 atom stereocenters. The predicted molar refractivity (Wildman–Crippen MR) is 113 cm³/mol. The van der Waals surface area contributed by atoms with Gasteiger partial charge >= 0.3 is 0 Å². The van der Waals surface area contributed by atoms with E-state index < -0.39 is 10.8 Å². The van der Waals surface area contributed by atoms with Crippen molar-refractivity contribution in [2.24, 2.45) is 0 Å². The summed E-state index contributed by atoms with van der Waals surface area (Å²) in [6.07, 6.45) is 2.69. The fourth-order valence-electron chi connectivity index (χ4n) is 4.31. The van der Waals surface area contributed by atoms with Gasteiger partial charge in [-0.1, -0.05) is 23.2 Å². The Morgan fingerprint density at radius 2 is 1.83 bits per heavy atom. The van der Waals surface area contributed by atoms with Crippen LogP contribution in [-0.2, 0) is 20.7 Å². The second-order valence-corrected chi connectivity index (χ2v) is 9.22. The highest BCUT2D eigenvalue weighted by Gasteiger charge is 2.29. The van der Waals surface area contributed by atoms with E-state index in [0.717, 1.165) is 66.6 Å². The molecule has 0 spiro atoms. The van der Waals surface area contributed by atoms with Crippen LogP contribution in [0, 0.1) is 13.8 Å². The Morgan fingerprint density at radius 3 is 2.59 bits per heavy atom. The van der Waals surface area contributed by atoms with Gasteiger partial charge in [0, 0.05) is 19.6 Å². The fourth-order valence-corrected chi connectivity index (χ4v) is 5.75. The highest BCUT2D eigenvalue weighted by Crippen LogP contribution is 2.44. The summed E-state index contributed by atoms with van der Waals surface area (Å²) >= 11 is 0. The summed E-state index contributed by atoms with van der Waals surface area (Å²) in [6, 6.07) is 12.1. The van der Waals surface area contributed by atoms with Crippen molar-refractivity contribution in [2.75, 3.05) is 31.1 Å². The molecule has 0 radical (unpaired) electrons. The van der Waals surface area contributed by atoms with Crippen LogP contribution < -0.4 is 4.90 Å². The summed E-state index contributed by atoms with van der Waals surface area (Å²) in [5.74, 6) is 0. The molecule has 0 aromatic heterocycles. The zero-order valence-electron chi connectivity index (χ0n) is 17.0. The van der Waals surface area contributed by atoms with E-state index in [-0.39, 0.29) is 6.10 Å². The van der Waals surface area contributed by atoms with Gasteiger partial charge in [-0.15, -0.1) is 0 Å². The Kier molecular flexibility index (Phi) is 6.32. The number of hydrogen-bond acceptors (Lipinski definition) is 6. The van der Waals surface area contributed by atoms with Crippen molar-refractivity contribution in [1.82, 2.24) is 4.90 Å². The Hall–Kier alpha value is -1.77. The van der Waals surface area contributed by atoms with Crippen molar-refractivity contribution in [2.45, 2.75) is 49.0 Å². The van der Waals surface area contributed by atoms with Gasteiger partial charge in [-0.25, -0.2) is 14.4 Å². The number of rotatable bonds is 6. The van der Waals surface area contributed by atoms with Crippen molar-refractivity contribution < 1.29 is 19.4 Å². The normalized spacial score (nSPS) is 19.8. The zero-order valence-corrected chi connectivity index (χ0v) is 17.8. The van der Waals surface area contributed by atoms with Crippen LogP contribution in [0.25, 0.3) is 0 Å². The van der Waals surface area contributed by atoms with Crippen molar-refractivity contribution >= 4 is 22.2 Å². The molecule has 1 unspecified atom stereocenters. The van der Waals surface area contributed by atoms with Crippen LogP contribution in [0.5, 0.6) is 0 Å². The molecule has 2 aromatic rings. The lowest BCUT2D eigenvalue weighted by Gasteiger charge is -2.35.